The molecule has 0 aliphatic rings. The Balaban J connectivity index is 2.87. The van der Waals surface area contributed by atoms with Crippen LogP contribution in [0.1, 0.15) is 38.7 Å². The Morgan fingerprint density at radius 1 is 0.914 bits per heavy atom. The van der Waals surface area contributed by atoms with Gasteiger partial charge in [-0.15, -0.1) is 0 Å². The van der Waals surface area contributed by atoms with Gasteiger partial charge in [-0.3, -0.25) is 19.2 Å². The second-order valence-corrected chi connectivity index (χ2v) is 9.00. The van der Waals surface area contributed by atoms with Crippen molar-refractivity contribution in [1.82, 2.24) is 16.0 Å². The van der Waals surface area contributed by atoms with E-state index in [9.17, 15) is 29.1 Å². The van der Waals surface area contributed by atoms with E-state index < -0.39 is 53.8 Å². The van der Waals surface area contributed by atoms with E-state index in [0.29, 0.717) is 0 Å². The Bertz CT molecular complexity index is 882. The smallest absolute Gasteiger partial charge is 0.326 e. The number of thiol groups is 1. The lowest BCUT2D eigenvalue weighted by molar-refractivity contribution is -0.142. The van der Waals surface area contributed by atoms with Crippen LogP contribution < -0.4 is 27.4 Å². The molecular weight excluding hydrogens is 474 g/mol. The number of aliphatic carboxylic acids is 1. The topological polar surface area (TPSA) is 194 Å². The summed E-state index contributed by atoms with van der Waals surface area (Å²) in [6.07, 6.45) is 0.235. The number of carbonyl (C=O) groups is 5. The van der Waals surface area contributed by atoms with Gasteiger partial charge in [0.2, 0.25) is 23.6 Å². The minimum Gasteiger partial charge on any atom is -0.480 e. The molecule has 4 atom stereocenters. The maximum atomic E-state index is 13.0. The van der Waals surface area contributed by atoms with Crippen molar-refractivity contribution in [3.63, 3.8) is 0 Å². The SMILES string of the molecule is CC(C)CC(NC(=O)C(CS)NC(=O)C(N)CCC(N)=O)C(=O)NC(Cc1ccccc1)C(=O)O. The van der Waals surface area contributed by atoms with Gasteiger partial charge in [0.05, 0.1) is 6.04 Å². The van der Waals surface area contributed by atoms with Crippen LogP contribution in [0, 0.1) is 5.92 Å². The number of carboxylic acids is 1. The fourth-order valence-corrected chi connectivity index (χ4v) is 3.46. The normalized spacial score (nSPS) is 14.3. The van der Waals surface area contributed by atoms with Crippen molar-refractivity contribution in [2.45, 2.75) is 63.7 Å². The van der Waals surface area contributed by atoms with Gasteiger partial charge in [0.25, 0.3) is 0 Å². The number of hydrogen-bond acceptors (Lipinski definition) is 7. The summed E-state index contributed by atoms with van der Waals surface area (Å²) >= 11 is 4.10. The number of hydrogen-bond donors (Lipinski definition) is 7. The molecule has 1 rings (SSSR count). The molecule has 0 spiro atoms. The van der Waals surface area contributed by atoms with Crippen LogP contribution in [-0.2, 0) is 30.4 Å². The summed E-state index contributed by atoms with van der Waals surface area (Å²) in [5, 5.41) is 17.1. The molecular formula is C23H35N5O6S. The number of benzene rings is 1. The van der Waals surface area contributed by atoms with Crippen LogP contribution in [0.15, 0.2) is 30.3 Å². The molecule has 4 amide bonds. The maximum Gasteiger partial charge on any atom is 0.326 e. The zero-order valence-corrected chi connectivity index (χ0v) is 20.8. The number of nitrogens with two attached hydrogens (primary N) is 2. The van der Waals surface area contributed by atoms with E-state index in [-0.39, 0.29) is 37.4 Å². The Hall–Kier alpha value is -3.12. The summed E-state index contributed by atoms with van der Waals surface area (Å²) in [4.78, 5) is 60.7. The van der Waals surface area contributed by atoms with Crippen molar-refractivity contribution < 1.29 is 29.1 Å². The van der Waals surface area contributed by atoms with E-state index in [1.165, 1.54) is 0 Å². The summed E-state index contributed by atoms with van der Waals surface area (Å²) < 4.78 is 0. The minimum atomic E-state index is -1.21. The van der Waals surface area contributed by atoms with Gasteiger partial charge in [0.15, 0.2) is 0 Å². The molecule has 8 N–H and O–H groups in total. The van der Waals surface area contributed by atoms with Crippen molar-refractivity contribution in [3.8, 4) is 0 Å². The summed E-state index contributed by atoms with van der Waals surface area (Å²) in [7, 11) is 0. The number of amides is 4. The lowest BCUT2D eigenvalue weighted by Gasteiger charge is -2.25. The van der Waals surface area contributed by atoms with Gasteiger partial charge >= 0.3 is 5.97 Å². The van der Waals surface area contributed by atoms with Gasteiger partial charge in [-0.2, -0.15) is 12.6 Å². The highest BCUT2D eigenvalue weighted by atomic mass is 32.1. The molecule has 1 aromatic carbocycles. The molecule has 1 aromatic rings. The van der Waals surface area contributed by atoms with E-state index in [0.717, 1.165) is 5.56 Å². The van der Waals surface area contributed by atoms with Crippen molar-refractivity contribution in [1.29, 1.82) is 0 Å². The molecule has 0 heterocycles. The van der Waals surface area contributed by atoms with Crippen LogP contribution in [0.5, 0.6) is 0 Å². The van der Waals surface area contributed by atoms with Crippen LogP contribution in [0.2, 0.25) is 0 Å². The number of carboxylic acid groups (broad SMARTS) is 1. The average molecular weight is 510 g/mol. The van der Waals surface area contributed by atoms with Crippen molar-refractivity contribution in [3.05, 3.63) is 35.9 Å². The number of carbonyl (C=O) groups excluding carboxylic acids is 4. The van der Waals surface area contributed by atoms with Crippen LogP contribution >= 0.6 is 12.6 Å². The lowest BCUT2D eigenvalue weighted by atomic mass is 10.0. The highest BCUT2D eigenvalue weighted by molar-refractivity contribution is 7.80. The predicted molar refractivity (Wildman–Crippen MR) is 133 cm³/mol. The zero-order chi connectivity index (χ0) is 26.5. The third kappa shape index (κ3) is 11.2. The van der Waals surface area contributed by atoms with E-state index in [2.05, 4.69) is 28.6 Å². The molecule has 0 saturated carbocycles. The first kappa shape index (κ1) is 29.9. The molecule has 0 aliphatic heterocycles. The Labute approximate surface area is 210 Å². The second-order valence-electron chi connectivity index (χ2n) is 8.64. The molecule has 35 heavy (non-hydrogen) atoms. The van der Waals surface area contributed by atoms with Crippen LogP contribution in [0.3, 0.4) is 0 Å². The second kappa shape index (κ2) is 15.0. The lowest BCUT2D eigenvalue weighted by Crippen LogP contribution is -2.58. The largest absolute Gasteiger partial charge is 0.480 e. The van der Waals surface area contributed by atoms with Crippen molar-refractivity contribution >= 4 is 42.2 Å². The van der Waals surface area contributed by atoms with Crippen molar-refractivity contribution in [2.24, 2.45) is 17.4 Å². The quantitative estimate of drug-likeness (QED) is 0.152. The molecule has 12 heteroatoms. The Morgan fingerprint density at radius 3 is 1.97 bits per heavy atom. The van der Waals surface area contributed by atoms with E-state index >= 15 is 0 Å². The van der Waals surface area contributed by atoms with E-state index in [1.54, 1.807) is 30.3 Å². The third-order valence-electron chi connectivity index (χ3n) is 5.09. The highest BCUT2D eigenvalue weighted by Gasteiger charge is 2.30. The van der Waals surface area contributed by atoms with E-state index in [4.69, 9.17) is 11.5 Å². The molecule has 0 radical (unpaired) electrons. The molecule has 0 fully saturated rings. The van der Waals surface area contributed by atoms with Gasteiger partial charge in [-0.25, -0.2) is 4.79 Å². The zero-order valence-electron chi connectivity index (χ0n) is 19.9. The molecule has 0 aliphatic carbocycles. The van der Waals surface area contributed by atoms with Gasteiger partial charge < -0.3 is 32.5 Å². The maximum absolute atomic E-state index is 13.0. The monoisotopic (exact) mass is 509 g/mol. The summed E-state index contributed by atoms with van der Waals surface area (Å²) in [5.74, 6) is -3.90. The predicted octanol–water partition coefficient (Wildman–Crippen LogP) is -0.663. The number of nitrogens with one attached hydrogen (secondary N) is 3. The van der Waals surface area contributed by atoms with Crippen LogP contribution in [0.25, 0.3) is 0 Å². The molecule has 4 unspecified atom stereocenters. The first-order valence-electron chi connectivity index (χ1n) is 11.3. The summed E-state index contributed by atoms with van der Waals surface area (Å²) in [6, 6.07) is 4.45. The van der Waals surface area contributed by atoms with Crippen molar-refractivity contribution in [2.75, 3.05) is 5.75 Å². The standard InChI is InChI=1S/C23H35N5O6S/c1-13(2)10-16(21(31)27-17(23(33)34)11-14-6-4-3-5-7-14)26-22(32)18(12-35)28-20(30)15(24)8-9-19(25)29/h3-7,13,15-18,35H,8-12,24H2,1-2H3,(H2,25,29)(H,26,32)(H,27,31)(H,28,30)(H,33,34). The van der Waals surface area contributed by atoms with Gasteiger partial charge in [0.1, 0.15) is 18.1 Å². The first-order chi connectivity index (χ1) is 16.4. The average Bonchev–Trinajstić information content (AvgIpc) is 2.79. The molecule has 194 valence electrons. The highest BCUT2D eigenvalue weighted by Crippen LogP contribution is 2.09. The summed E-state index contributed by atoms with van der Waals surface area (Å²) in [6.45, 7) is 3.70. The molecule has 0 aromatic heterocycles. The number of primary amides is 1. The van der Waals surface area contributed by atoms with Gasteiger partial charge in [-0.1, -0.05) is 44.2 Å². The Kier molecular flexibility index (Phi) is 12.8. The van der Waals surface area contributed by atoms with Crippen LogP contribution in [0.4, 0.5) is 0 Å². The van der Waals surface area contributed by atoms with Gasteiger partial charge in [-0.05, 0) is 24.3 Å². The molecule has 0 bridgehead atoms. The Morgan fingerprint density at radius 2 is 1.46 bits per heavy atom. The van der Waals surface area contributed by atoms with Gasteiger partial charge in [0, 0.05) is 18.6 Å². The molecule has 11 nitrogen and oxygen atoms in total. The summed E-state index contributed by atoms with van der Waals surface area (Å²) in [5.41, 5.74) is 11.5. The fraction of sp³-hybridized carbons (Fsp3) is 0.522. The minimum absolute atomic E-state index is 0.00489. The fourth-order valence-electron chi connectivity index (χ4n) is 3.20. The number of rotatable bonds is 15. The third-order valence-corrected chi connectivity index (χ3v) is 5.46. The van der Waals surface area contributed by atoms with Crippen LogP contribution in [-0.4, -0.2) is 64.6 Å². The van der Waals surface area contributed by atoms with E-state index in [1.807, 2.05) is 13.8 Å². The first-order valence-corrected chi connectivity index (χ1v) is 11.9. The molecule has 0 saturated heterocycles.